The summed E-state index contributed by atoms with van der Waals surface area (Å²) in [4.78, 5) is 0. The van der Waals surface area contributed by atoms with Crippen molar-refractivity contribution < 1.29 is 5.11 Å². The topological polar surface area (TPSA) is 32.3 Å². The first-order valence-electron chi connectivity index (χ1n) is 6.76. The molecular weight excluding hydrogens is 210 g/mol. The molecule has 1 atom stereocenters. The molecule has 0 spiro atoms. The van der Waals surface area contributed by atoms with Crippen LogP contribution in [0.3, 0.4) is 0 Å². The lowest BCUT2D eigenvalue weighted by molar-refractivity contribution is 0.145. The fraction of sp³-hybridized carbons (Fsp3) is 0.600. The van der Waals surface area contributed by atoms with Crippen molar-refractivity contribution in [1.29, 1.82) is 0 Å². The summed E-state index contributed by atoms with van der Waals surface area (Å²) in [6.07, 6.45) is 4.21. The SMILES string of the molecule is CCCC(O)CNC1CC(c2ccccc2)C1. The van der Waals surface area contributed by atoms with Crippen molar-refractivity contribution >= 4 is 0 Å². The molecule has 1 aliphatic rings. The van der Waals surface area contributed by atoms with E-state index in [9.17, 15) is 5.11 Å². The Kier molecular flexibility index (Phi) is 4.57. The van der Waals surface area contributed by atoms with Gasteiger partial charge < -0.3 is 10.4 Å². The molecule has 17 heavy (non-hydrogen) atoms. The summed E-state index contributed by atoms with van der Waals surface area (Å²) in [5.74, 6) is 0.719. The summed E-state index contributed by atoms with van der Waals surface area (Å²) in [5, 5.41) is 13.1. The van der Waals surface area contributed by atoms with Crippen LogP contribution in [-0.4, -0.2) is 23.8 Å². The van der Waals surface area contributed by atoms with Gasteiger partial charge in [-0.05, 0) is 30.7 Å². The Bertz CT molecular complexity index is 319. The zero-order valence-electron chi connectivity index (χ0n) is 10.6. The quantitative estimate of drug-likeness (QED) is 0.792. The second-order valence-corrected chi connectivity index (χ2v) is 5.13. The van der Waals surface area contributed by atoms with E-state index in [4.69, 9.17) is 0 Å². The first kappa shape index (κ1) is 12.6. The van der Waals surface area contributed by atoms with Gasteiger partial charge in [0.25, 0.3) is 0 Å². The summed E-state index contributed by atoms with van der Waals surface area (Å²) in [6.45, 7) is 2.86. The van der Waals surface area contributed by atoms with E-state index in [2.05, 4.69) is 42.6 Å². The lowest BCUT2D eigenvalue weighted by atomic mass is 9.76. The minimum absolute atomic E-state index is 0.171. The second-order valence-electron chi connectivity index (χ2n) is 5.13. The molecule has 0 radical (unpaired) electrons. The van der Waals surface area contributed by atoms with Crippen LogP contribution in [0.4, 0.5) is 0 Å². The van der Waals surface area contributed by atoms with E-state index in [0.717, 1.165) is 25.3 Å². The van der Waals surface area contributed by atoms with E-state index < -0.39 is 0 Å². The van der Waals surface area contributed by atoms with Crippen LogP contribution >= 0.6 is 0 Å². The van der Waals surface area contributed by atoms with Crippen LogP contribution in [0.25, 0.3) is 0 Å². The summed E-state index contributed by atoms with van der Waals surface area (Å²) in [6, 6.07) is 11.3. The lowest BCUT2D eigenvalue weighted by Gasteiger charge is -2.37. The first-order valence-corrected chi connectivity index (χ1v) is 6.76. The van der Waals surface area contributed by atoms with Gasteiger partial charge in [0.05, 0.1) is 6.10 Å². The van der Waals surface area contributed by atoms with E-state index in [1.807, 2.05) is 0 Å². The highest BCUT2D eigenvalue weighted by Crippen LogP contribution is 2.36. The highest BCUT2D eigenvalue weighted by Gasteiger charge is 2.29. The Hall–Kier alpha value is -0.860. The summed E-state index contributed by atoms with van der Waals surface area (Å²) >= 11 is 0. The number of rotatable bonds is 6. The molecule has 2 rings (SSSR count). The molecule has 1 unspecified atom stereocenters. The summed E-state index contributed by atoms with van der Waals surface area (Å²) in [7, 11) is 0. The van der Waals surface area contributed by atoms with Crippen molar-refractivity contribution in [2.75, 3.05) is 6.54 Å². The molecule has 0 aromatic heterocycles. The highest BCUT2D eigenvalue weighted by atomic mass is 16.3. The Morgan fingerprint density at radius 1 is 1.29 bits per heavy atom. The molecule has 94 valence electrons. The highest BCUT2D eigenvalue weighted by molar-refractivity contribution is 5.22. The third-order valence-electron chi connectivity index (χ3n) is 3.67. The van der Waals surface area contributed by atoms with Crippen molar-refractivity contribution in [2.45, 2.75) is 50.7 Å². The van der Waals surface area contributed by atoms with E-state index in [1.54, 1.807) is 0 Å². The van der Waals surface area contributed by atoms with Crippen LogP contribution in [0.5, 0.6) is 0 Å². The average molecular weight is 233 g/mol. The van der Waals surface area contributed by atoms with E-state index in [-0.39, 0.29) is 6.10 Å². The standard InChI is InChI=1S/C15H23NO/c1-2-6-15(17)11-16-14-9-13(10-14)12-7-4-3-5-8-12/h3-5,7-8,13-17H,2,6,9-11H2,1H3. The predicted molar refractivity (Wildman–Crippen MR) is 71.1 cm³/mol. The van der Waals surface area contributed by atoms with Gasteiger partial charge in [0.2, 0.25) is 0 Å². The van der Waals surface area contributed by atoms with Crippen molar-refractivity contribution in [1.82, 2.24) is 5.32 Å². The lowest BCUT2D eigenvalue weighted by Crippen LogP contribution is -2.43. The van der Waals surface area contributed by atoms with Crippen LogP contribution in [0.15, 0.2) is 30.3 Å². The van der Waals surface area contributed by atoms with Gasteiger partial charge in [0.15, 0.2) is 0 Å². The van der Waals surface area contributed by atoms with Crippen molar-refractivity contribution in [3.8, 4) is 0 Å². The van der Waals surface area contributed by atoms with Crippen LogP contribution < -0.4 is 5.32 Å². The molecule has 0 bridgehead atoms. The maximum Gasteiger partial charge on any atom is 0.0664 e. The maximum absolute atomic E-state index is 9.64. The van der Waals surface area contributed by atoms with Gasteiger partial charge in [-0.2, -0.15) is 0 Å². The zero-order valence-corrected chi connectivity index (χ0v) is 10.6. The molecular formula is C15H23NO. The number of aliphatic hydroxyl groups excluding tert-OH is 1. The number of hydrogen-bond acceptors (Lipinski definition) is 2. The average Bonchev–Trinajstić information content (AvgIpc) is 2.28. The van der Waals surface area contributed by atoms with Gasteiger partial charge >= 0.3 is 0 Å². The number of benzene rings is 1. The van der Waals surface area contributed by atoms with Crippen LogP contribution in [-0.2, 0) is 0 Å². The fourth-order valence-corrected chi connectivity index (χ4v) is 2.52. The number of nitrogens with one attached hydrogen (secondary N) is 1. The molecule has 1 aliphatic carbocycles. The molecule has 2 heteroatoms. The Labute approximate surface area is 104 Å². The van der Waals surface area contributed by atoms with Gasteiger partial charge in [0, 0.05) is 12.6 Å². The molecule has 1 saturated carbocycles. The second kappa shape index (κ2) is 6.18. The van der Waals surface area contributed by atoms with Crippen molar-refractivity contribution in [3.63, 3.8) is 0 Å². The monoisotopic (exact) mass is 233 g/mol. The molecule has 0 saturated heterocycles. The Morgan fingerprint density at radius 3 is 2.65 bits per heavy atom. The number of aliphatic hydroxyl groups is 1. The maximum atomic E-state index is 9.64. The molecule has 1 aromatic carbocycles. The predicted octanol–water partition coefficient (Wildman–Crippen LogP) is 2.68. The van der Waals surface area contributed by atoms with Gasteiger partial charge in [-0.25, -0.2) is 0 Å². The van der Waals surface area contributed by atoms with E-state index >= 15 is 0 Å². The van der Waals surface area contributed by atoms with Crippen LogP contribution in [0, 0.1) is 0 Å². The number of hydrogen-bond donors (Lipinski definition) is 2. The Morgan fingerprint density at radius 2 is 2.00 bits per heavy atom. The van der Waals surface area contributed by atoms with Crippen molar-refractivity contribution in [2.24, 2.45) is 0 Å². The summed E-state index contributed by atoms with van der Waals surface area (Å²) in [5.41, 5.74) is 1.46. The van der Waals surface area contributed by atoms with Gasteiger partial charge in [0.1, 0.15) is 0 Å². The van der Waals surface area contributed by atoms with Crippen LogP contribution in [0.1, 0.15) is 44.1 Å². The van der Waals surface area contributed by atoms with Crippen LogP contribution in [0.2, 0.25) is 0 Å². The molecule has 2 nitrogen and oxygen atoms in total. The summed E-state index contributed by atoms with van der Waals surface area (Å²) < 4.78 is 0. The van der Waals surface area contributed by atoms with Crippen molar-refractivity contribution in [3.05, 3.63) is 35.9 Å². The molecule has 1 aromatic rings. The minimum atomic E-state index is -0.171. The molecule has 0 heterocycles. The van der Waals surface area contributed by atoms with E-state index in [0.29, 0.717) is 6.04 Å². The smallest absolute Gasteiger partial charge is 0.0664 e. The normalized spacial score (nSPS) is 25.3. The largest absolute Gasteiger partial charge is 0.392 e. The third-order valence-corrected chi connectivity index (χ3v) is 3.67. The van der Waals surface area contributed by atoms with Gasteiger partial charge in [-0.3, -0.25) is 0 Å². The van der Waals surface area contributed by atoms with E-state index in [1.165, 1.54) is 18.4 Å². The fourth-order valence-electron chi connectivity index (χ4n) is 2.52. The first-order chi connectivity index (χ1) is 8.29. The molecule has 2 N–H and O–H groups in total. The van der Waals surface area contributed by atoms with Gasteiger partial charge in [-0.1, -0.05) is 43.7 Å². The Balaban J connectivity index is 1.66. The third kappa shape index (κ3) is 3.55. The molecule has 0 aliphatic heterocycles. The molecule has 1 fully saturated rings. The minimum Gasteiger partial charge on any atom is -0.392 e. The zero-order chi connectivity index (χ0) is 12.1. The van der Waals surface area contributed by atoms with Gasteiger partial charge in [-0.15, -0.1) is 0 Å². The molecule has 0 amide bonds.